The number of halogens is 3. The fourth-order valence-corrected chi connectivity index (χ4v) is 1.83. The minimum absolute atomic E-state index is 0.148. The van der Waals surface area contributed by atoms with Crippen LogP contribution in [0.4, 0.5) is 5.69 Å². The van der Waals surface area contributed by atoms with Gasteiger partial charge in [-0.15, -0.1) is 0 Å². The lowest BCUT2D eigenvalue weighted by Crippen LogP contribution is -2.12. The maximum atomic E-state index is 11.9. The first-order chi connectivity index (χ1) is 8.58. The molecule has 1 N–H and O–H groups in total. The van der Waals surface area contributed by atoms with Gasteiger partial charge in [-0.2, -0.15) is 0 Å². The zero-order valence-electron chi connectivity index (χ0n) is 8.95. The number of carbonyl (C=O) groups excluding carboxylic acids is 1. The number of rotatable bonds is 2. The van der Waals surface area contributed by atoms with Crippen LogP contribution in [0.3, 0.4) is 0 Å². The third-order valence-electron chi connectivity index (χ3n) is 2.18. The van der Waals surface area contributed by atoms with E-state index in [1.165, 1.54) is 6.20 Å². The lowest BCUT2D eigenvalue weighted by Gasteiger charge is -2.07. The van der Waals surface area contributed by atoms with Crippen molar-refractivity contribution in [3.63, 3.8) is 0 Å². The highest BCUT2D eigenvalue weighted by atomic mass is 35.5. The number of anilines is 1. The van der Waals surface area contributed by atoms with Crippen molar-refractivity contribution in [1.29, 1.82) is 0 Å². The van der Waals surface area contributed by atoms with Crippen LogP contribution in [-0.2, 0) is 0 Å². The summed E-state index contributed by atoms with van der Waals surface area (Å²) in [4.78, 5) is 15.8. The van der Waals surface area contributed by atoms with Crippen LogP contribution in [0.15, 0.2) is 36.5 Å². The second-order valence-electron chi connectivity index (χ2n) is 3.42. The van der Waals surface area contributed by atoms with Gasteiger partial charge in [0.05, 0.1) is 15.6 Å². The van der Waals surface area contributed by atoms with Gasteiger partial charge in [-0.3, -0.25) is 4.79 Å². The fourth-order valence-electron chi connectivity index (χ4n) is 1.33. The quantitative estimate of drug-likeness (QED) is 0.841. The minimum atomic E-state index is -0.355. The van der Waals surface area contributed by atoms with Crippen LogP contribution in [0.25, 0.3) is 0 Å². The highest BCUT2D eigenvalue weighted by molar-refractivity contribution is 6.42. The van der Waals surface area contributed by atoms with Crippen LogP contribution < -0.4 is 5.32 Å². The number of benzene rings is 1. The molecule has 1 heterocycles. The monoisotopic (exact) mass is 300 g/mol. The van der Waals surface area contributed by atoms with E-state index in [1.54, 1.807) is 30.3 Å². The average molecular weight is 302 g/mol. The maximum absolute atomic E-state index is 11.9. The van der Waals surface area contributed by atoms with Gasteiger partial charge in [0.25, 0.3) is 5.91 Å². The molecule has 0 aliphatic rings. The van der Waals surface area contributed by atoms with E-state index in [4.69, 9.17) is 34.8 Å². The minimum Gasteiger partial charge on any atom is -0.322 e. The van der Waals surface area contributed by atoms with Gasteiger partial charge in [-0.25, -0.2) is 4.98 Å². The Morgan fingerprint density at radius 3 is 2.56 bits per heavy atom. The average Bonchev–Trinajstić information content (AvgIpc) is 2.34. The Bertz CT molecular complexity index is 602. The Kier molecular flexibility index (Phi) is 4.07. The molecule has 0 aliphatic carbocycles. The Labute approximate surface area is 119 Å². The predicted molar refractivity (Wildman–Crippen MR) is 73.7 cm³/mol. The van der Waals surface area contributed by atoms with Crippen LogP contribution in [0.1, 0.15) is 10.4 Å². The second-order valence-corrected chi connectivity index (χ2v) is 4.60. The van der Waals surface area contributed by atoms with E-state index in [1.807, 2.05) is 0 Å². The first kappa shape index (κ1) is 13.1. The number of nitrogens with one attached hydrogen (secondary N) is 1. The number of aromatic nitrogens is 1. The van der Waals surface area contributed by atoms with Gasteiger partial charge in [0, 0.05) is 11.9 Å². The Morgan fingerprint density at radius 2 is 1.89 bits per heavy atom. The molecule has 1 aromatic carbocycles. The zero-order chi connectivity index (χ0) is 13.1. The predicted octanol–water partition coefficient (Wildman–Crippen LogP) is 4.29. The summed E-state index contributed by atoms with van der Waals surface area (Å²) in [5, 5.41) is 3.60. The molecular weight excluding hydrogens is 295 g/mol. The molecule has 0 unspecified atom stereocenters. The van der Waals surface area contributed by atoms with Crippen LogP contribution in [0.5, 0.6) is 0 Å². The zero-order valence-corrected chi connectivity index (χ0v) is 11.2. The molecular formula is C12H7Cl3N2O. The van der Waals surface area contributed by atoms with E-state index in [0.717, 1.165) is 0 Å². The van der Waals surface area contributed by atoms with E-state index in [-0.39, 0.29) is 11.1 Å². The van der Waals surface area contributed by atoms with Crippen molar-refractivity contribution in [2.24, 2.45) is 0 Å². The third-order valence-corrected chi connectivity index (χ3v) is 3.22. The van der Waals surface area contributed by atoms with Gasteiger partial charge in [0.15, 0.2) is 0 Å². The van der Waals surface area contributed by atoms with Crippen molar-refractivity contribution in [2.75, 3.05) is 5.32 Å². The Hall–Kier alpha value is -1.29. The van der Waals surface area contributed by atoms with Gasteiger partial charge in [-0.05, 0) is 30.3 Å². The first-order valence-electron chi connectivity index (χ1n) is 4.95. The molecule has 0 saturated carbocycles. The summed E-state index contributed by atoms with van der Waals surface area (Å²) in [6, 6.07) is 8.03. The molecule has 2 aromatic rings. The number of pyridine rings is 1. The van der Waals surface area contributed by atoms with Gasteiger partial charge in [0.1, 0.15) is 5.15 Å². The summed E-state index contributed by atoms with van der Waals surface area (Å²) in [5.74, 6) is -0.355. The van der Waals surface area contributed by atoms with Gasteiger partial charge in [-0.1, -0.05) is 34.8 Å². The summed E-state index contributed by atoms with van der Waals surface area (Å²) < 4.78 is 0. The lowest BCUT2D eigenvalue weighted by molar-refractivity contribution is 0.102. The first-order valence-corrected chi connectivity index (χ1v) is 6.08. The van der Waals surface area contributed by atoms with Crippen molar-refractivity contribution < 1.29 is 4.79 Å². The van der Waals surface area contributed by atoms with Gasteiger partial charge < -0.3 is 5.32 Å². The molecule has 6 heteroatoms. The van der Waals surface area contributed by atoms with Crippen LogP contribution in [-0.4, -0.2) is 10.9 Å². The summed E-state index contributed by atoms with van der Waals surface area (Å²) in [7, 11) is 0. The number of hydrogen-bond donors (Lipinski definition) is 1. The molecule has 0 fully saturated rings. The van der Waals surface area contributed by atoms with Crippen molar-refractivity contribution in [1.82, 2.24) is 4.98 Å². The molecule has 3 nitrogen and oxygen atoms in total. The molecule has 0 radical (unpaired) electrons. The fraction of sp³-hybridized carbons (Fsp3) is 0. The normalized spacial score (nSPS) is 10.2. The molecule has 0 saturated heterocycles. The number of hydrogen-bond acceptors (Lipinski definition) is 2. The van der Waals surface area contributed by atoms with Crippen molar-refractivity contribution >= 4 is 46.4 Å². The van der Waals surface area contributed by atoms with Gasteiger partial charge >= 0.3 is 0 Å². The van der Waals surface area contributed by atoms with Crippen LogP contribution in [0.2, 0.25) is 15.2 Å². The largest absolute Gasteiger partial charge is 0.322 e. The Balaban J connectivity index is 2.22. The third kappa shape index (κ3) is 2.93. The second kappa shape index (κ2) is 5.57. The molecule has 0 atom stereocenters. The molecule has 92 valence electrons. The molecule has 1 aromatic heterocycles. The Morgan fingerprint density at radius 1 is 1.11 bits per heavy atom. The maximum Gasteiger partial charge on any atom is 0.258 e. The molecule has 0 bridgehead atoms. The highest BCUT2D eigenvalue weighted by Gasteiger charge is 2.11. The highest BCUT2D eigenvalue weighted by Crippen LogP contribution is 2.25. The van der Waals surface area contributed by atoms with E-state index >= 15 is 0 Å². The van der Waals surface area contributed by atoms with Crippen LogP contribution >= 0.6 is 34.8 Å². The van der Waals surface area contributed by atoms with E-state index in [0.29, 0.717) is 21.3 Å². The lowest BCUT2D eigenvalue weighted by atomic mass is 10.2. The number of nitrogens with zero attached hydrogens (tertiary/aromatic N) is 1. The van der Waals surface area contributed by atoms with Crippen molar-refractivity contribution in [2.45, 2.75) is 0 Å². The topological polar surface area (TPSA) is 42.0 Å². The molecule has 0 aliphatic heterocycles. The smallest absolute Gasteiger partial charge is 0.258 e. The summed E-state index contributed by atoms with van der Waals surface area (Å²) >= 11 is 17.5. The standard InChI is InChI=1S/C12H7Cl3N2O/c13-9-4-3-7(6-10(9)14)17-12(18)8-2-1-5-16-11(8)15/h1-6H,(H,17,18). The molecule has 2 rings (SSSR count). The summed E-state index contributed by atoms with van der Waals surface area (Å²) in [6.45, 7) is 0. The van der Waals surface area contributed by atoms with Gasteiger partial charge in [0.2, 0.25) is 0 Å². The molecule has 18 heavy (non-hydrogen) atoms. The van der Waals surface area contributed by atoms with Crippen molar-refractivity contribution in [3.8, 4) is 0 Å². The molecule has 0 spiro atoms. The summed E-state index contributed by atoms with van der Waals surface area (Å²) in [6.07, 6.45) is 1.51. The summed E-state index contributed by atoms with van der Waals surface area (Å²) in [5.41, 5.74) is 0.833. The van der Waals surface area contributed by atoms with E-state index < -0.39 is 0 Å². The van der Waals surface area contributed by atoms with E-state index in [9.17, 15) is 4.79 Å². The van der Waals surface area contributed by atoms with E-state index in [2.05, 4.69) is 10.3 Å². The van der Waals surface area contributed by atoms with Crippen molar-refractivity contribution in [3.05, 3.63) is 57.3 Å². The van der Waals surface area contributed by atoms with Crippen LogP contribution in [0, 0.1) is 0 Å². The number of carbonyl (C=O) groups is 1. The SMILES string of the molecule is O=C(Nc1ccc(Cl)c(Cl)c1)c1cccnc1Cl. The molecule has 1 amide bonds. The number of amides is 1.